The summed E-state index contributed by atoms with van der Waals surface area (Å²) < 4.78 is 0. The molecule has 208 valence electrons. The van der Waals surface area contributed by atoms with Gasteiger partial charge in [0.05, 0.1) is 17.1 Å². The molecule has 40 heavy (non-hydrogen) atoms. The number of nitrogens with zero attached hydrogens (tertiary/aromatic N) is 2. The van der Waals surface area contributed by atoms with E-state index in [2.05, 4.69) is 15.6 Å². The Kier molecular flexibility index (Phi) is 7.23. The van der Waals surface area contributed by atoms with Crippen LogP contribution in [0.15, 0.2) is 48.7 Å². The number of rotatable bonds is 6. The SMILES string of the molecule is O=C(N[C@H]1CN(C(=O)C2CC2)CC[C@H]1NC(=O)c1ccc2c(Cl)c[nH]c2c1)c1ccc(N2CCCCC2=O)cc1. The van der Waals surface area contributed by atoms with E-state index in [4.69, 9.17) is 11.6 Å². The first-order valence-electron chi connectivity index (χ1n) is 13.9. The van der Waals surface area contributed by atoms with Gasteiger partial charge >= 0.3 is 0 Å². The third kappa shape index (κ3) is 5.43. The van der Waals surface area contributed by atoms with E-state index in [-0.39, 0.29) is 35.6 Å². The van der Waals surface area contributed by atoms with Crippen LogP contribution in [-0.4, -0.2) is 65.2 Å². The molecule has 2 aliphatic heterocycles. The molecular formula is C30H32ClN5O4. The molecule has 1 aromatic heterocycles. The van der Waals surface area contributed by atoms with Gasteiger partial charge in [-0.15, -0.1) is 0 Å². The molecule has 2 saturated heterocycles. The van der Waals surface area contributed by atoms with Gasteiger partial charge in [-0.1, -0.05) is 17.7 Å². The van der Waals surface area contributed by atoms with Crippen LogP contribution in [0.4, 0.5) is 5.69 Å². The third-order valence-corrected chi connectivity index (χ3v) is 8.45. The van der Waals surface area contributed by atoms with E-state index < -0.39 is 6.04 Å². The Bertz CT molecular complexity index is 1460. The topological polar surface area (TPSA) is 115 Å². The Labute approximate surface area is 237 Å². The number of anilines is 1. The number of aromatic nitrogens is 1. The van der Waals surface area contributed by atoms with E-state index in [1.54, 1.807) is 53.6 Å². The van der Waals surface area contributed by atoms with E-state index in [1.807, 2.05) is 4.90 Å². The number of fused-ring (bicyclic) bond motifs is 1. The number of H-pyrrole nitrogens is 1. The average Bonchev–Trinajstić information content (AvgIpc) is 3.76. The fourth-order valence-corrected chi connectivity index (χ4v) is 5.89. The molecule has 10 heteroatoms. The lowest BCUT2D eigenvalue weighted by molar-refractivity contribution is -0.134. The minimum absolute atomic E-state index is 0.0758. The number of aromatic amines is 1. The van der Waals surface area contributed by atoms with Gasteiger partial charge in [-0.2, -0.15) is 0 Å². The summed E-state index contributed by atoms with van der Waals surface area (Å²) in [7, 11) is 0. The molecule has 3 N–H and O–H groups in total. The van der Waals surface area contributed by atoms with E-state index in [0.717, 1.165) is 42.3 Å². The first kappa shape index (κ1) is 26.4. The Morgan fingerprint density at radius 1 is 0.875 bits per heavy atom. The Morgan fingerprint density at radius 3 is 2.35 bits per heavy atom. The van der Waals surface area contributed by atoms with Crippen LogP contribution in [-0.2, 0) is 9.59 Å². The van der Waals surface area contributed by atoms with Gasteiger partial charge in [-0.25, -0.2) is 0 Å². The van der Waals surface area contributed by atoms with Crippen LogP contribution in [0.25, 0.3) is 10.9 Å². The molecule has 1 aliphatic carbocycles. The summed E-state index contributed by atoms with van der Waals surface area (Å²) in [6.45, 7) is 1.54. The van der Waals surface area contributed by atoms with Crippen LogP contribution >= 0.6 is 11.6 Å². The number of hydrogen-bond acceptors (Lipinski definition) is 4. The normalized spacial score (nSPS) is 21.4. The number of nitrogens with one attached hydrogen (secondary N) is 3. The summed E-state index contributed by atoms with van der Waals surface area (Å²) in [6.07, 6.45) is 6.44. The molecular weight excluding hydrogens is 530 g/mol. The van der Waals surface area contributed by atoms with Gasteiger partial charge in [0.15, 0.2) is 0 Å². The molecule has 0 spiro atoms. The molecule has 2 atom stereocenters. The first-order chi connectivity index (χ1) is 19.4. The van der Waals surface area contributed by atoms with Gasteiger partial charge in [-0.05, 0) is 68.5 Å². The van der Waals surface area contributed by atoms with Crippen molar-refractivity contribution in [1.82, 2.24) is 20.5 Å². The average molecular weight is 562 g/mol. The first-order valence-corrected chi connectivity index (χ1v) is 14.3. The maximum atomic E-state index is 13.3. The highest BCUT2D eigenvalue weighted by Crippen LogP contribution is 2.32. The molecule has 9 nitrogen and oxygen atoms in total. The van der Waals surface area contributed by atoms with Crippen molar-refractivity contribution < 1.29 is 19.2 Å². The number of likely N-dealkylation sites (tertiary alicyclic amines) is 1. The minimum atomic E-state index is -0.458. The zero-order valence-electron chi connectivity index (χ0n) is 22.1. The molecule has 0 radical (unpaired) electrons. The summed E-state index contributed by atoms with van der Waals surface area (Å²) in [6, 6.07) is 11.5. The fourth-order valence-electron chi connectivity index (χ4n) is 5.67. The van der Waals surface area contributed by atoms with Crippen LogP contribution in [0, 0.1) is 5.92 Å². The van der Waals surface area contributed by atoms with E-state index in [1.165, 1.54) is 0 Å². The van der Waals surface area contributed by atoms with Crippen LogP contribution < -0.4 is 15.5 Å². The molecule has 0 unspecified atom stereocenters. The number of hydrogen-bond donors (Lipinski definition) is 3. The van der Waals surface area contributed by atoms with E-state index in [9.17, 15) is 19.2 Å². The summed E-state index contributed by atoms with van der Waals surface area (Å²) >= 11 is 6.18. The van der Waals surface area contributed by atoms with Crippen molar-refractivity contribution in [2.24, 2.45) is 5.92 Å². The quantitative estimate of drug-likeness (QED) is 0.424. The molecule has 2 aromatic carbocycles. The van der Waals surface area contributed by atoms with Gasteiger partial charge in [0, 0.05) is 65.9 Å². The van der Waals surface area contributed by atoms with E-state index >= 15 is 0 Å². The number of benzene rings is 2. The number of halogens is 1. The molecule has 3 fully saturated rings. The predicted molar refractivity (Wildman–Crippen MR) is 152 cm³/mol. The molecule has 6 rings (SSSR count). The maximum Gasteiger partial charge on any atom is 0.251 e. The highest BCUT2D eigenvalue weighted by Gasteiger charge is 2.39. The van der Waals surface area contributed by atoms with Crippen molar-refractivity contribution in [2.75, 3.05) is 24.5 Å². The van der Waals surface area contributed by atoms with Crippen LogP contribution in [0.5, 0.6) is 0 Å². The van der Waals surface area contributed by atoms with Crippen LogP contribution in [0.3, 0.4) is 0 Å². The lowest BCUT2D eigenvalue weighted by Crippen LogP contribution is -2.61. The standard InChI is InChI=1S/C30H32ClN5O4/c31-23-16-32-25-15-20(8-11-22(23)25)29(39)33-24-12-14-35(30(40)19-4-5-19)17-26(24)34-28(38)18-6-9-21(10-7-18)36-13-2-1-3-27(36)37/h6-11,15-16,19,24,26,32H,1-5,12-14,17H2,(H,33,39)(H,34,38)/t24-,26+/m1/s1. The van der Waals surface area contributed by atoms with Gasteiger partial charge in [0.25, 0.3) is 11.8 Å². The summed E-state index contributed by atoms with van der Waals surface area (Å²) in [5, 5.41) is 7.60. The number of carbonyl (C=O) groups is 4. The maximum absolute atomic E-state index is 13.3. The summed E-state index contributed by atoms with van der Waals surface area (Å²) in [5.74, 6) is -0.248. The van der Waals surface area contributed by atoms with Gasteiger partial charge in [-0.3, -0.25) is 19.2 Å². The largest absolute Gasteiger partial charge is 0.360 e. The minimum Gasteiger partial charge on any atom is -0.360 e. The van der Waals surface area contributed by atoms with Crippen molar-refractivity contribution in [3.05, 3.63) is 64.8 Å². The van der Waals surface area contributed by atoms with Crippen molar-refractivity contribution in [1.29, 1.82) is 0 Å². The summed E-state index contributed by atoms with van der Waals surface area (Å²) in [4.78, 5) is 58.3. The van der Waals surface area contributed by atoms with Crippen LogP contribution in [0.2, 0.25) is 5.02 Å². The molecule has 0 bridgehead atoms. The number of carbonyl (C=O) groups excluding carboxylic acids is 4. The van der Waals surface area contributed by atoms with E-state index in [0.29, 0.717) is 48.6 Å². The lowest BCUT2D eigenvalue weighted by atomic mass is 9.97. The van der Waals surface area contributed by atoms with Crippen LogP contribution in [0.1, 0.15) is 59.2 Å². The predicted octanol–water partition coefficient (Wildman–Crippen LogP) is 3.88. The molecule has 1 saturated carbocycles. The Morgan fingerprint density at radius 2 is 1.60 bits per heavy atom. The fraction of sp³-hybridized carbons (Fsp3) is 0.400. The third-order valence-electron chi connectivity index (χ3n) is 8.14. The van der Waals surface area contributed by atoms with Crippen molar-refractivity contribution in [3.63, 3.8) is 0 Å². The highest BCUT2D eigenvalue weighted by molar-refractivity contribution is 6.35. The smallest absolute Gasteiger partial charge is 0.251 e. The highest BCUT2D eigenvalue weighted by atomic mass is 35.5. The van der Waals surface area contributed by atoms with Crippen molar-refractivity contribution >= 4 is 51.8 Å². The summed E-state index contributed by atoms with van der Waals surface area (Å²) in [5.41, 5.74) is 2.49. The molecule has 3 heterocycles. The zero-order chi connectivity index (χ0) is 27.8. The second-order valence-electron chi connectivity index (χ2n) is 11.0. The van der Waals surface area contributed by atoms with Gasteiger partial charge in [0.1, 0.15) is 0 Å². The zero-order valence-corrected chi connectivity index (χ0v) is 22.9. The molecule has 4 amide bonds. The second kappa shape index (κ2) is 11.0. The molecule has 3 aromatic rings. The monoisotopic (exact) mass is 561 g/mol. The van der Waals surface area contributed by atoms with Crippen molar-refractivity contribution in [3.8, 4) is 0 Å². The van der Waals surface area contributed by atoms with Crippen molar-refractivity contribution in [2.45, 2.75) is 50.6 Å². The molecule has 3 aliphatic rings. The lowest BCUT2D eigenvalue weighted by Gasteiger charge is -2.39. The van der Waals surface area contributed by atoms with Gasteiger partial charge in [0.2, 0.25) is 11.8 Å². The second-order valence-corrected chi connectivity index (χ2v) is 11.4. The Hall–Kier alpha value is -3.85. The van der Waals surface area contributed by atoms with Gasteiger partial charge < -0.3 is 25.4 Å². The number of piperidine rings is 2. The Balaban J connectivity index is 1.17. The number of amides is 4.